The summed E-state index contributed by atoms with van der Waals surface area (Å²) < 4.78 is 4.99. The summed E-state index contributed by atoms with van der Waals surface area (Å²) in [4.78, 5) is 36.9. The van der Waals surface area contributed by atoms with Crippen molar-refractivity contribution in [1.29, 1.82) is 0 Å². The second-order valence-electron chi connectivity index (χ2n) is 7.31. The van der Waals surface area contributed by atoms with Crippen LogP contribution in [0.5, 0.6) is 0 Å². The van der Waals surface area contributed by atoms with E-state index in [9.17, 15) is 14.4 Å². The minimum absolute atomic E-state index is 0.152. The zero-order chi connectivity index (χ0) is 20.9. The summed E-state index contributed by atoms with van der Waals surface area (Å²) >= 11 is 0. The molecule has 156 valence electrons. The minimum Gasteiger partial charge on any atom is -0.464 e. The maximum Gasteiger partial charge on any atom is 0.328 e. The van der Waals surface area contributed by atoms with Gasteiger partial charge in [0.05, 0.1) is 6.61 Å². The quantitative estimate of drug-likeness (QED) is 0.537. The average Bonchev–Trinajstić information content (AvgIpc) is 2.66. The number of esters is 1. The number of benzene rings is 1. The maximum absolute atomic E-state index is 12.7. The van der Waals surface area contributed by atoms with Gasteiger partial charge < -0.3 is 15.4 Å². The smallest absolute Gasteiger partial charge is 0.328 e. The topological polar surface area (TPSA) is 84.5 Å². The molecule has 0 unspecified atom stereocenters. The van der Waals surface area contributed by atoms with Gasteiger partial charge in [0.15, 0.2) is 0 Å². The Balaban J connectivity index is 2.58. The van der Waals surface area contributed by atoms with Crippen LogP contribution < -0.4 is 10.6 Å². The van der Waals surface area contributed by atoms with Crippen molar-refractivity contribution in [3.8, 4) is 0 Å². The monoisotopic (exact) mass is 390 g/mol. The van der Waals surface area contributed by atoms with Crippen molar-refractivity contribution in [2.45, 2.75) is 71.9 Å². The van der Waals surface area contributed by atoms with Gasteiger partial charge in [-0.05, 0) is 44.1 Å². The molecule has 0 saturated heterocycles. The number of hydrogen-bond donors (Lipinski definition) is 2. The Morgan fingerprint density at radius 2 is 1.68 bits per heavy atom. The molecule has 2 amide bonds. The lowest BCUT2D eigenvalue weighted by Crippen LogP contribution is -2.52. The zero-order valence-electron chi connectivity index (χ0n) is 17.5. The van der Waals surface area contributed by atoms with E-state index >= 15 is 0 Å². The van der Waals surface area contributed by atoms with Gasteiger partial charge in [-0.2, -0.15) is 0 Å². The standard InChI is InChI=1S/C22H34N2O4/c1-5-18(22(27)28-6-2)24-21(26)19(15-16(3)4)23-20(25)14-10-13-17-11-8-7-9-12-17/h7-9,11-12,16,18-19H,5-6,10,13-15H2,1-4H3,(H,23,25)(H,24,26)/t18-,19-/m0/s1. The van der Waals surface area contributed by atoms with E-state index in [0.29, 0.717) is 25.7 Å². The lowest BCUT2D eigenvalue weighted by Gasteiger charge is -2.23. The van der Waals surface area contributed by atoms with E-state index in [4.69, 9.17) is 4.74 Å². The van der Waals surface area contributed by atoms with Gasteiger partial charge in [0.2, 0.25) is 11.8 Å². The molecule has 0 radical (unpaired) electrons. The summed E-state index contributed by atoms with van der Waals surface area (Å²) in [6, 6.07) is 8.63. The molecule has 28 heavy (non-hydrogen) atoms. The highest BCUT2D eigenvalue weighted by atomic mass is 16.5. The molecule has 1 rings (SSSR count). The summed E-state index contributed by atoms with van der Waals surface area (Å²) in [5.74, 6) is -0.718. The van der Waals surface area contributed by atoms with Gasteiger partial charge in [-0.1, -0.05) is 51.1 Å². The molecule has 1 aromatic rings. The average molecular weight is 391 g/mol. The maximum atomic E-state index is 12.7. The number of hydrogen-bond acceptors (Lipinski definition) is 4. The molecule has 1 aromatic carbocycles. The van der Waals surface area contributed by atoms with Crippen LogP contribution in [0.4, 0.5) is 0 Å². The normalized spacial score (nSPS) is 12.9. The Morgan fingerprint density at radius 3 is 2.25 bits per heavy atom. The number of amides is 2. The minimum atomic E-state index is -0.697. The predicted octanol–water partition coefficient (Wildman–Crippen LogP) is 3.00. The van der Waals surface area contributed by atoms with Crippen molar-refractivity contribution in [1.82, 2.24) is 10.6 Å². The van der Waals surface area contributed by atoms with Gasteiger partial charge >= 0.3 is 5.97 Å². The fourth-order valence-corrected chi connectivity index (χ4v) is 2.91. The molecular weight excluding hydrogens is 356 g/mol. The molecule has 0 aliphatic rings. The van der Waals surface area contributed by atoms with Crippen molar-refractivity contribution in [2.75, 3.05) is 6.61 Å². The highest BCUT2D eigenvalue weighted by molar-refractivity contribution is 5.90. The summed E-state index contributed by atoms with van der Waals surface area (Å²) in [6.45, 7) is 7.78. The molecule has 6 heteroatoms. The molecule has 0 saturated carbocycles. The number of ether oxygens (including phenoxy) is 1. The van der Waals surface area contributed by atoms with E-state index in [1.807, 2.05) is 51.1 Å². The van der Waals surface area contributed by atoms with Crippen LogP contribution in [0.15, 0.2) is 30.3 Å². The van der Waals surface area contributed by atoms with Crippen molar-refractivity contribution < 1.29 is 19.1 Å². The molecule has 2 atom stereocenters. The fourth-order valence-electron chi connectivity index (χ4n) is 2.91. The third kappa shape index (κ3) is 9.02. The fraction of sp³-hybridized carbons (Fsp3) is 0.591. The molecule has 0 spiro atoms. The first kappa shape index (κ1) is 23.7. The zero-order valence-corrected chi connectivity index (χ0v) is 17.5. The Bertz CT molecular complexity index is 616. The van der Waals surface area contributed by atoms with Crippen LogP contribution in [0.1, 0.15) is 58.9 Å². The summed E-state index contributed by atoms with van der Waals surface area (Å²) in [7, 11) is 0. The molecule has 0 aliphatic carbocycles. The van der Waals surface area contributed by atoms with Crippen molar-refractivity contribution >= 4 is 17.8 Å². The molecule has 2 N–H and O–H groups in total. The van der Waals surface area contributed by atoms with E-state index in [0.717, 1.165) is 6.42 Å². The number of carbonyl (C=O) groups is 3. The van der Waals surface area contributed by atoms with E-state index in [-0.39, 0.29) is 24.3 Å². The first-order valence-electron chi connectivity index (χ1n) is 10.2. The number of rotatable bonds is 12. The van der Waals surface area contributed by atoms with E-state index in [1.54, 1.807) is 6.92 Å². The third-order valence-corrected chi connectivity index (χ3v) is 4.37. The highest BCUT2D eigenvalue weighted by Gasteiger charge is 2.26. The van der Waals surface area contributed by atoms with Gasteiger partial charge in [0, 0.05) is 6.42 Å². The molecule has 0 aliphatic heterocycles. The van der Waals surface area contributed by atoms with Crippen LogP contribution in [-0.2, 0) is 25.5 Å². The Labute approximate surface area is 168 Å². The van der Waals surface area contributed by atoms with Crippen LogP contribution in [0, 0.1) is 5.92 Å². The third-order valence-electron chi connectivity index (χ3n) is 4.37. The molecule has 0 fully saturated rings. The summed E-state index contributed by atoms with van der Waals surface area (Å²) in [5.41, 5.74) is 1.19. The van der Waals surface area contributed by atoms with Crippen molar-refractivity contribution in [3.63, 3.8) is 0 Å². The van der Waals surface area contributed by atoms with Crippen LogP contribution in [-0.4, -0.2) is 36.5 Å². The predicted molar refractivity (Wildman–Crippen MR) is 110 cm³/mol. The summed E-state index contributed by atoms with van der Waals surface area (Å²) in [6.07, 6.45) is 2.83. The van der Waals surface area contributed by atoms with Crippen LogP contribution in [0.3, 0.4) is 0 Å². The van der Waals surface area contributed by atoms with E-state index in [2.05, 4.69) is 10.6 Å². The molecule has 6 nitrogen and oxygen atoms in total. The first-order chi connectivity index (χ1) is 13.4. The Kier molecular flexibility index (Phi) is 10.9. The second-order valence-corrected chi connectivity index (χ2v) is 7.31. The number of nitrogens with one attached hydrogen (secondary N) is 2. The molecule has 0 heterocycles. The molecule has 0 aromatic heterocycles. The van der Waals surface area contributed by atoms with Gasteiger partial charge in [0.1, 0.15) is 12.1 Å². The Morgan fingerprint density at radius 1 is 1.00 bits per heavy atom. The van der Waals surface area contributed by atoms with E-state index < -0.39 is 18.1 Å². The number of carbonyl (C=O) groups excluding carboxylic acids is 3. The van der Waals surface area contributed by atoms with Gasteiger partial charge in [-0.25, -0.2) is 4.79 Å². The van der Waals surface area contributed by atoms with Crippen molar-refractivity contribution in [3.05, 3.63) is 35.9 Å². The molecule has 0 bridgehead atoms. The SMILES string of the molecule is CCOC(=O)[C@H](CC)NC(=O)[C@H](CC(C)C)NC(=O)CCCc1ccccc1. The largest absolute Gasteiger partial charge is 0.464 e. The Hall–Kier alpha value is -2.37. The van der Waals surface area contributed by atoms with Crippen molar-refractivity contribution in [2.24, 2.45) is 5.92 Å². The lowest BCUT2D eigenvalue weighted by molar-refractivity contribution is -0.147. The summed E-state index contributed by atoms with van der Waals surface area (Å²) in [5, 5.41) is 5.55. The first-order valence-corrected chi connectivity index (χ1v) is 10.2. The van der Waals surface area contributed by atoms with Crippen LogP contribution in [0.2, 0.25) is 0 Å². The number of aryl methyl sites for hydroxylation is 1. The van der Waals surface area contributed by atoms with Gasteiger partial charge in [-0.15, -0.1) is 0 Å². The lowest BCUT2D eigenvalue weighted by atomic mass is 10.0. The highest BCUT2D eigenvalue weighted by Crippen LogP contribution is 2.08. The second kappa shape index (κ2) is 12.9. The van der Waals surface area contributed by atoms with Gasteiger partial charge in [0.25, 0.3) is 0 Å². The van der Waals surface area contributed by atoms with Crippen LogP contribution in [0.25, 0.3) is 0 Å². The van der Waals surface area contributed by atoms with E-state index in [1.165, 1.54) is 5.56 Å². The molecular formula is C22H34N2O4. The van der Waals surface area contributed by atoms with Gasteiger partial charge in [-0.3, -0.25) is 9.59 Å². The van der Waals surface area contributed by atoms with Crippen LogP contribution >= 0.6 is 0 Å².